The lowest BCUT2D eigenvalue weighted by Crippen LogP contribution is -2.31. The molecule has 0 saturated carbocycles. The van der Waals surface area contributed by atoms with Gasteiger partial charge in [0.2, 0.25) is 4.96 Å². The molecule has 0 aromatic carbocycles. The van der Waals surface area contributed by atoms with Gasteiger partial charge in [-0.25, -0.2) is 4.98 Å². The first kappa shape index (κ1) is 15.6. The number of aromatic nitrogens is 3. The summed E-state index contributed by atoms with van der Waals surface area (Å²) in [4.78, 5) is 30.3. The molecule has 0 radical (unpaired) electrons. The minimum Gasteiger partial charge on any atom is -0.468 e. The van der Waals surface area contributed by atoms with E-state index in [0.29, 0.717) is 23.7 Å². The average molecular weight is 310 g/mol. The van der Waals surface area contributed by atoms with Crippen molar-refractivity contribution in [2.75, 3.05) is 20.2 Å². The average Bonchev–Trinajstić information content (AvgIpc) is 2.90. The van der Waals surface area contributed by atoms with Crippen molar-refractivity contribution in [1.82, 2.24) is 19.5 Å². The van der Waals surface area contributed by atoms with E-state index in [2.05, 4.69) is 14.8 Å². The number of carbonyl (C=O) groups is 1. The zero-order valence-corrected chi connectivity index (χ0v) is 13.1. The van der Waals surface area contributed by atoms with Crippen LogP contribution < -0.4 is 5.56 Å². The fourth-order valence-corrected chi connectivity index (χ4v) is 2.73. The lowest BCUT2D eigenvalue weighted by molar-refractivity contribution is -0.142. The molecule has 2 heterocycles. The van der Waals surface area contributed by atoms with Crippen molar-refractivity contribution in [2.24, 2.45) is 0 Å². The number of methoxy groups -OCH3 is 1. The Labute approximate surface area is 126 Å². The van der Waals surface area contributed by atoms with Crippen molar-refractivity contribution in [3.63, 3.8) is 0 Å². The van der Waals surface area contributed by atoms with Crippen LogP contribution in [0.25, 0.3) is 4.96 Å². The predicted molar refractivity (Wildman–Crippen MR) is 79.5 cm³/mol. The highest BCUT2D eigenvalue weighted by Gasteiger charge is 2.13. The topological polar surface area (TPSA) is 76.8 Å². The molecule has 0 spiro atoms. The second-order valence-electron chi connectivity index (χ2n) is 4.51. The molecule has 0 amide bonds. The number of carbonyl (C=O) groups excluding carboxylic acids is 1. The minimum atomic E-state index is -0.305. The third-order valence-corrected chi connectivity index (χ3v) is 4.11. The fraction of sp³-hybridized carbons (Fsp3) is 0.538. The summed E-state index contributed by atoms with van der Waals surface area (Å²) in [5, 5.41) is 5.08. The quantitative estimate of drug-likeness (QED) is 0.731. The molecule has 0 aliphatic carbocycles. The van der Waals surface area contributed by atoms with Crippen LogP contribution in [0.1, 0.15) is 24.5 Å². The normalized spacial score (nSPS) is 11.2. The van der Waals surface area contributed by atoms with E-state index < -0.39 is 0 Å². The standard InChI is InChI=1S/C13H18N4O3S/c1-4-10-15-17-11(18)6-9(14-13(17)21-10)7-16(5-2)8-12(19)20-3/h6H,4-5,7-8H2,1-3H3. The van der Waals surface area contributed by atoms with Gasteiger partial charge in [0, 0.05) is 12.6 Å². The molecule has 0 saturated heterocycles. The predicted octanol–water partition coefficient (Wildman–Crippen LogP) is 0.708. The van der Waals surface area contributed by atoms with Crippen LogP contribution in [0.15, 0.2) is 10.9 Å². The van der Waals surface area contributed by atoms with Crippen molar-refractivity contribution < 1.29 is 9.53 Å². The molecule has 21 heavy (non-hydrogen) atoms. The number of hydrogen-bond donors (Lipinski definition) is 0. The molecule has 2 aromatic rings. The van der Waals surface area contributed by atoms with E-state index >= 15 is 0 Å². The first-order valence-electron chi connectivity index (χ1n) is 6.75. The van der Waals surface area contributed by atoms with Gasteiger partial charge >= 0.3 is 5.97 Å². The van der Waals surface area contributed by atoms with Gasteiger partial charge in [-0.3, -0.25) is 14.5 Å². The van der Waals surface area contributed by atoms with Crippen LogP contribution in [-0.4, -0.2) is 45.7 Å². The van der Waals surface area contributed by atoms with Crippen LogP contribution >= 0.6 is 11.3 Å². The van der Waals surface area contributed by atoms with Crippen LogP contribution in [0.2, 0.25) is 0 Å². The van der Waals surface area contributed by atoms with Gasteiger partial charge in [-0.1, -0.05) is 25.2 Å². The lowest BCUT2D eigenvalue weighted by atomic mass is 10.3. The number of fused-ring (bicyclic) bond motifs is 1. The van der Waals surface area contributed by atoms with E-state index in [1.54, 1.807) is 0 Å². The Balaban J connectivity index is 2.25. The number of hydrogen-bond acceptors (Lipinski definition) is 7. The van der Waals surface area contributed by atoms with Crippen LogP contribution in [0.3, 0.4) is 0 Å². The summed E-state index contributed by atoms with van der Waals surface area (Å²) in [6.07, 6.45) is 0.770. The number of rotatable bonds is 6. The van der Waals surface area contributed by atoms with Crippen molar-refractivity contribution in [1.29, 1.82) is 0 Å². The lowest BCUT2D eigenvalue weighted by Gasteiger charge is -2.17. The maximum absolute atomic E-state index is 12.0. The van der Waals surface area contributed by atoms with Crippen LogP contribution in [0.5, 0.6) is 0 Å². The van der Waals surface area contributed by atoms with Gasteiger partial charge < -0.3 is 4.74 Å². The number of esters is 1. The van der Waals surface area contributed by atoms with Gasteiger partial charge in [0.05, 0.1) is 19.3 Å². The third-order valence-electron chi connectivity index (χ3n) is 3.06. The molecule has 7 nitrogen and oxygen atoms in total. The molecule has 2 aromatic heterocycles. The Bertz CT molecular complexity index is 694. The maximum Gasteiger partial charge on any atom is 0.319 e. The number of aryl methyl sites for hydroxylation is 1. The van der Waals surface area contributed by atoms with Crippen molar-refractivity contribution in [2.45, 2.75) is 26.8 Å². The van der Waals surface area contributed by atoms with E-state index in [1.165, 1.54) is 29.0 Å². The van der Waals surface area contributed by atoms with E-state index in [4.69, 9.17) is 0 Å². The fourth-order valence-electron chi connectivity index (χ4n) is 1.88. The van der Waals surface area contributed by atoms with E-state index in [0.717, 1.165) is 11.4 Å². The maximum atomic E-state index is 12.0. The Hall–Kier alpha value is -1.80. The van der Waals surface area contributed by atoms with Gasteiger partial charge in [0.1, 0.15) is 5.01 Å². The largest absolute Gasteiger partial charge is 0.468 e. The van der Waals surface area contributed by atoms with E-state index in [-0.39, 0.29) is 18.1 Å². The minimum absolute atomic E-state index is 0.178. The Morgan fingerprint density at radius 2 is 2.24 bits per heavy atom. The van der Waals surface area contributed by atoms with Crippen molar-refractivity contribution in [3.8, 4) is 0 Å². The monoisotopic (exact) mass is 310 g/mol. The first-order chi connectivity index (χ1) is 10.1. The molecular formula is C13H18N4O3S. The summed E-state index contributed by atoms with van der Waals surface area (Å²) in [6, 6.07) is 1.46. The smallest absolute Gasteiger partial charge is 0.319 e. The molecule has 0 unspecified atom stereocenters. The van der Waals surface area contributed by atoms with E-state index in [1.807, 2.05) is 18.7 Å². The van der Waals surface area contributed by atoms with Gasteiger partial charge in [-0.2, -0.15) is 9.61 Å². The highest BCUT2D eigenvalue weighted by atomic mass is 32.1. The Kier molecular flexibility index (Phi) is 5.03. The molecule has 114 valence electrons. The zero-order valence-electron chi connectivity index (χ0n) is 12.3. The highest BCUT2D eigenvalue weighted by Crippen LogP contribution is 2.12. The summed E-state index contributed by atoms with van der Waals surface area (Å²) in [5.74, 6) is -0.305. The molecule has 0 fully saturated rings. The summed E-state index contributed by atoms with van der Waals surface area (Å²) in [6.45, 7) is 5.20. The van der Waals surface area contributed by atoms with Crippen LogP contribution in [0.4, 0.5) is 0 Å². The number of ether oxygens (including phenoxy) is 1. The molecule has 2 rings (SSSR count). The van der Waals surface area contributed by atoms with Crippen molar-refractivity contribution >= 4 is 22.3 Å². The summed E-state index contributed by atoms with van der Waals surface area (Å²) in [7, 11) is 1.36. The third kappa shape index (κ3) is 3.64. The Morgan fingerprint density at radius 1 is 1.48 bits per heavy atom. The van der Waals surface area contributed by atoms with Crippen LogP contribution in [-0.2, 0) is 22.5 Å². The summed E-state index contributed by atoms with van der Waals surface area (Å²) >= 11 is 1.41. The molecule has 0 aliphatic rings. The van der Waals surface area contributed by atoms with Crippen LogP contribution in [0, 0.1) is 0 Å². The number of likely N-dealkylation sites (N-methyl/N-ethyl adjacent to an activating group) is 1. The zero-order chi connectivity index (χ0) is 15.4. The SMILES string of the molecule is CCc1nn2c(=O)cc(CN(CC)CC(=O)OC)nc2s1. The van der Waals surface area contributed by atoms with Gasteiger partial charge in [0.25, 0.3) is 5.56 Å². The molecule has 8 heteroatoms. The molecule has 0 N–H and O–H groups in total. The first-order valence-corrected chi connectivity index (χ1v) is 7.56. The highest BCUT2D eigenvalue weighted by molar-refractivity contribution is 7.16. The molecular weight excluding hydrogens is 292 g/mol. The molecule has 0 bridgehead atoms. The van der Waals surface area contributed by atoms with Gasteiger partial charge in [-0.15, -0.1) is 0 Å². The van der Waals surface area contributed by atoms with Gasteiger partial charge in [-0.05, 0) is 13.0 Å². The summed E-state index contributed by atoms with van der Waals surface area (Å²) < 4.78 is 5.98. The van der Waals surface area contributed by atoms with Gasteiger partial charge in [0.15, 0.2) is 0 Å². The van der Waals surface area contributed by atoms with Crippen molar-refractivity contribution in [3.05, 3.63) is 27.1 Å². The second kappa shape index (κ2) is 6.77. The summed E-state index contributed by atoms with van der Waals surface area (Å²) in [5.41, 5.74) is 0.442. The van der Waals surface area contributed by atoms with E-state index in [9.17, 15) is 9.59 Å². The Morgan fingerprint density at radius 3 is 2.86 bits per heavy atom. The number of nitrogens with zero attached hydrogens (tertiary/aromatic N) is 4. The molecule has 0 aliphatic heterocycles. The molecule has 0 atom stereocenters. The second-order valence-corrected chi connectivity index (χ2v) is 5.55.